The van der Waals surface area contributed by atoms with Crippen molar-refractivity contribution in [3.05, 3.63) is 48.6 Å². The van der Waals surface area contributed by atoms with Crippen LogP contribution in [0.3, 0.4) is 0 Å². The summed E-state index contributed by atoms with van der Waals surface area (Å²) in [6.07, 6.45) is 5.34. The van der Waals surface area contributed by atoms with E-state index >= 15 is 0 Å². The summed E-state index contributed by atoms with van der Waals surface area (Å²) in [5, 5.41) is 3.48. The fraction of sp³-hybridized carbons (Fsp3) is 0.704. The molecule has 4 nitrogen and oxygen atoms in total. The molecule has 2 aliphatic rings. The summed E-state index contributed by atoms with van der Waals surface area (Å²) < 4.78 is 13.1. The molecule has 5 heteroatoms. The van der Waals surface area contributed by atoms with Gasteiger partial charge in [0.05, 0.1) is 0 Å². The van der Waals surface area contributed by atoms with Crippen LogP contribution in [-0.2, 0) is 0 Å². The second-order valence-electron chi connectivity index (χ2n) is 8.62. The SMILES string of the molecule is C=CC1CCC(C)(F)CC1.CC.CC.CC(CN1CCNC(CNN)C1)c1ccccc1. The van der Waals surface area contributed by atoms with Gasteiger partial charge in [0.25, 0.3) is 0 Å². The van der Waals surface area contributed by atoms with Crippen molar-refractivity contribution >= 4 is 0 Å². The summed E-state index contributed by atoms with van der Waals surface area (Å²) in [5.74, 6) is 6.54. The lowest BCUT2D eigenvalue weighted by Gasteiger charge is -2.35. The first-order valence-electron chi connectivity index (χ1n) is 12.7. The van der Waals surface area contributed by atoms with E-state index in [-0.39, 0.29) is 0 Å². The van der Waals surface area contributed by atoms with Crippen LogP contribution in [0.4, 0.5) is 4.39 Å². The topological polar surface area (TPSA) is 53.3 Å². The van der Waals surface area contributed by atoms with Gasteiger partial charge in [-0.1, -0.05) is 71.0 Å². The smallest absolute Gasteiger partial charge is 0.108 e. The van der Waals surface area contributed by atoms with E-state index in [4.69, 9.17) is 5.84 Å². The van der Waals surface area contributed by atoms with Crippen LogP contribution in [0, 0.1) is 5.92 Å². The molecule has 2 atom stereocenters. The number of rotatable bonds is 6. The number of nitrogens with one attached hydrogen (secondary N) is 2. The van der Waals surface area contributed by atoms with Gasteiger partial charge in [0.1, 0.15) is 5.67 Å². The van der Waals surface area contributed by atoms with Gasteiger partial charge < -0.3 is 5.32 Å². The molecule has 1 aliphatic carbocycles. The van der Waals surface area contributed by atoms with Crippen molar-refractivity contribution < 1.29 is 4.39 Å². The molecule has 32 heavy (non-hydrogen) atoms. The highest BCUT2D eigenvalue weighted by Gasteiger charge is 2.29. The number of nitrogens with zero attached hydrogens (tertiary/aromatic N) is 1. The molecular formula is C27H51FN4. The molecule has 0 bridgehead atoms. The summed E-state index contributed by atoms with van der Waals surface area (Å²) >= 11 is 0. The second-order valence-corrected chi connectivity index (χ2v) is 8.62. The minimum absolute atomic E-state index is 0.465. The van der Waals surface area contributed by atoms with E-state index in [0.29, 0.717) is 30.7 Å². The Balaban J connectivity index is 0.000000582. The van der Waals surface area contributed by atoms with Gasteiger partial charge in [0.15, 0.2) is 0 Å². The number of nitrogens with two attached hydrogens (primary N) is 1. The second kappa shape index (κ2) is 18.2. The van der Waals surface area contributed by atoms with Gasteiger partial charge in [-0.05, 0) is 50.0 Å². The third-order valence-electron chi connectivity index (χ3n) is 6.01. The van der Waals surface area contributed by atoms with Crippen molar-refractivity contribution in [2.24, 2.45) is 11.8 Å². The molecule has 1 aliphatic heterocycles. The molecule has 4 N–H and O–H groups in total. The zero-order chi connectivity index (χ0) is 24.4. The number of allylic oxidation sites excluding steroid dienone is 1. The number of halogens is 1. The molecular weight excluding hydrogens is 399 g/mol. The molecule has 0 spiro atoms. The third-order valence-corrected chi connectivity index (χ3v) is 6.01. The first kappa shape index (κ1) is 30.7. The fourth-order valence-electron chi connectivity index (χ4n) is 4.09. The zero-order valence-corrected chi connectivity index (χ0v) is 21.7. The van der Waals surface area contributed by atoms with Crippen LogP contribution < -0.4 is 16.6 Å². The van der Waals surface area contributed by atoms with E-state index in [1.54, 1.807) is 6.92 Å². The highest BCUT2D eigenvalue weighted by Crippen LogP contribution is 2.34. The summed E-state index contributed by atoms with van der Waals surface area (Å²) in [7, 11) is 0. The van der Waals surface area contributed by atoms with Crippen LogP contribution in [0.1, 0.15) is 78.7 Å². The molecule has 1 aromatic rings. The van der Waals surface area contributed by atoms with E-state index in [9.17, 15) is 4.39 Å². The highest BCUT2D eigenvalue weighted by molar-refractivity contribution is 5.19. The van der Waals surface area contributed by atoms with Crippen molar-refractivity contribution in [3.63, 3.8) is 0 Å². The molecule has 1 saturated heterocycles. The maximum absolute atomic E-state index is 13.1. The van der Waals surface area contributed by atoms with Gasteiger partial charge in [-0.2, -0.15) is 0 Å². The number of hydrogen-bond acceptors (Lipinski definition) is 4. The lowest BCUT2D eigenvalue weighted by molar-refractivity contribution is 0.114. The molecule has 1 heterocycles. The quantitative estimate of drug-likeness (QED) is 0.297. The van der Waals surface area contributed by atoms with Gasteiger partial charge in [0.2, 0.25) is 0 Å². The van der Waals surface area contributed by atoms with Crippen LogP contribution in [0.5, 0.6) is 0 Å². The number of hydrogen-bond donors (Lipinski definition) is 3. The van der Waals surface area contributed by atoms with Crippen LogP contribution in [0.25, 0.3) is 0 Å². The Morgan fingerprint density at radius 1 is 1.22 bits per heavy atom. The maximum Gasteiger partial charge on any atom is 0.108 e. The number of piperazine rings is 1. The Bertz CT molecular complexity index is 552. The fourth-order valence-corrected chi connectivity index (χ4v) is 4.09. The van der Waals surface area contributed by atoms with Gasteiger partial charge in [0, 0.05) is 38.8 Å². The van der Waals surface area contributed by atoms with Gasteiger partial charge in [-0.25, -0.2) is 4.39 Å². The predicted octanol–water partition coefficient (Wildman–Crippen LogP) is 5.67. The maximum atomic E-state index is 13.1. The van der Waals surface area contributed by atoms with Crippen molar-refractivity contribution in [2.75, 3.05) is 32.7 Å². The lowest BCUT2D eigenvalue weighted by atomic mass is 9.81. The summed E-state index contributed by atoms with van der Waals surface area (Å²) in [6.45, 7) is 20.9. The Hall–Kier alpha value is -1.27. The lowest BCUT2D eigenvalue weighted by Crippen LogP contribution is -2.55. The Labute approximate surface area is 198 Å². The van der Waals surface area contributed by atoms with Gasteiger partial charge in [-0.3, -0.25) is 16.2 Å². The zero-order valence-electron chi connectivity index (χ0n) is 21.7. The standard InChI is InChI=1S/C14H24N4.C9H15F.2C2H6/c1-12(13-5-3-2-4-6-13)10-18-8-7-16-14(11-18)9-17-15;1-3-8-4-6-9(2,10)7-5-8;2*1-2/h2-6,12,14,16-17H,7-11,15H2,1H3;3,8H,1,4-7H2,2H3;2*1-2H3. The van der Waals surface area contributed by atoms with Gasteiger partial charge >= 0.3 is 0 Å². The number of alkyl halides is 1. The summed E-state index contributed by atoms with van der Waals surface area (Å²) in [6, 6.07) is 11.2. The van der Waals surface area contributed by atoms with Crippen molar-refractivity contribution in [2.45, 2.75) is 84.9 Å². The van der Waals surface area contributed by atoms with E-state index in [2.05, 4.69) is 59.5 Å². The van der Waals surface area contributed by atoms with Crippen LogP contribution in [0.2, 0.25) is 0 Å². The summed E-state index contributed by atoms with van der Waals surface area (Å²) in [5.41, 5.74) is 3.29. The Kier molecular flexibility index (Phi) is 17.5. The van der Waals surface area contributed by atoms with Crippen LogP contribution >= 0.6 is 0 Å². The van der Waals surface area contributed by atoms with Gasteiger partial charge in [-0.15, -0.1) is 6.58 Å². The molecule has 2 unspecified atom stereocenters. The van der Waals surface area contributed by atoms with E-state index in [1.165, 1.54) is 5.56 Å². The number of hydrazine groups is 1. The van der Waals surface area contributed by atoms with Crippen molar-refractivity contribution in [3.8, 4) is 0 Å². The Morgan fingerprint density at radius 2 is 1.81 bits per heavy atom. The normalized spacial score (nSPS) is 26.1. The van der Waals surface area contributed by atoms with Crippen LogP contribution in [0.15, 0.2) is 43.0 Å². The van der Waals surface area contributed by atoms with Crippen molar-refractivity contribution in [1.29, 1.82) is 0 Å². The average Bonchev–Trinajstić information content (AvgIpc) is 2.83. The first-order valence-corrected chi connectivity index (χ1v) is 12.7. The molecule has 186 valence electrons. The van der Waals surface area contributed by atoms with E-state index in [0.717, 1.165) is 45.6 Å². The number of benzene rings is 1. The van der Waals surface area contributed by atoms with E-state index < -0.39 is 5.67 Å². The third kappa shape index (κ3) is 12.7. The molecule has 2 fully saturated rings. The Morgan fingerprint density at radius 3 is 2.34 bits per heavy atom. The molecule has 1 aromatic carbocycles. The molecule has 3 rings (SSSR count). The highest BCUT2D eigenvalue weighted by atomic mass is 19.1. The molecule has 0 amide bonds. The van der Waals surface area contributed by atoms with E-state index in [1.807, 2.05) is 33.8 Å². The summed E-state index contributed by atoms with van der Waals surface area (Å²) in [4.78, 5) is 2.52. The largest absolute Gasteiger partial charge is 0.310 e. The predicted molar refractivity (Wildman–Crippen MR) is 140 cm³/mol. The molecule has 0 aromatic heterocycles. The molecule has 0 radical (unpaired) electrons. The molecule has 1 saturated carbocycles. The first-order chi connectivity index (χ1) is 15.4. The van der Waals surface area contributed by atoms with Crippen LogP contribution in [-0.4, -0.2) is 49.3 Å². The average molecular weight is 451 g/mol. The monoisotopic (exact) mass is 450 g/mol. The minimum atomic E-state index is -0.889. The van der Waals surface area contributed by atoms with Crippen molar-refractivity contribution in [1.82, 2.24) is 15.6 Å². The minimum Gasteiger partial charge on any atom is -0.310 e.